The molecule has 2 N–H and O–H groups in total. The summed E-state index contributed by atoms with van der Waals surface area (Å²) < 4.78 is 24.2. The van der Waals surface area contributed by atoms with Crippen molar-refractivity contribution in [1.82, 2.24) is 0 Å². The minimum Gasteiger partial charge on any atom is -0.497 e. The summed E-state index contributed by atoms with van der Waals surface area (Å²) in [5.74, 6) is 0.832. The van der Waals surface area contributed by atoms with Crippen molar-refractivity contribution in [2.24, 2.45) is 5.73 Å². The highest BCUT2D eigenvalue weighted by Crippen LogP contribution is 2.19. The topological polar surface area (TPSA) is 44.5 Å². The molecule has 0 heterocycles. The van der Waals surface area contributed by atoms with Crippen molar-refractivity contribution >= 4 is 0 Å². The fourth-order valence-corrected chi connectivity index (χ4v) is 1.70. The second-order valence-corrected chi connectivity index (χ2v) is 4.10. The Hall–Kier alpha value is -2.07. The van der Waals surface area contributed by atoms with E-state index < -0.39 is 0 Å². The van der Waals surface area contributed by atoms with Crippen LogP contribution in [0.2, 0.25) is 0 Å². The number of ether oxygens (including phenoxy) is 2. The van der Waals surface area contributed by atoms with Crippen LogP contribution in [0.5, 0.6) is 11.5 Å². The molecule has 2 rings (SSSR count). The first-order valence-electron chi connectivity index (χ1n) is 5.97. The van der Waals surface area contributed by atoms with Gasteiger partial charge in [0, 0.05) is 18.2 Å². The standard InChI is InChI=1S/C15H16FNO2/c1-18-13-6-5-12(15(16)8-13)10-19-14-4-2-3-11(7-14)9-17/h2-8H,9-10,17H2,1H3. The number of benzene rings is 2. The van der Waals surface area contributed by atoms with Crippen molar-refractivity contribution in [3.8, 4) is 11.5 Å². The summed E-state index contributed by atoms with van der Waals surface area (Å²) in [5.41, 5.74) is 7.02. The van der Waals surface area contributed by atoms with Gasteiger partial charge in [0.25, 0.3) is 0 Å². The van der Waals surface area contributed by atoms with E-state index >= 15 is 0 Å². The smallest absolute Gasteiger partial charge is 0.133 e. The third kappa shape index (κ3) is 3.45. The van der Waals surface area contributed by atoms with Gasteiger partial charge in [-0.2, -0.15) is 0 Å². The van der Waals surface area contributed by atoms with Gasteiger partial charge in [-0.1, -0.05) is 12.1 Å². The van der Waals surface area contributed by atoms with E-state index in [9.17, 15) is 4.39 Å². The Balaban J connectivity index is 2.05. The average Bonchev–Trinajstić information content (AvgIpc) is 2.46. The molecule has 2 aromatic carbocycles. The van der Waals surface area contributed by atoms with Gasteiger partial charge < -0.3 is 15.2 Å². The number of halogens is 1. The molecule has 4 heteroatoms. The lowest BCUT2D eigenvalue weighted by Gasteiger charge is -2.09. The Labute approximate surface area is 111 Å². The lowest BCUT2D eigenvalue weighted by Crippen LogP contribution is -2.00. The zero-order valence-corrected chi connectivity index (χ0v) is 10.7. The van der Waals surface area contributed by atoms with Crippen molar-refractivity contribution < 1.29 is 13.9 Å². The Kier molecular flexibility index (Phi) is 4.36. The van der Waals surface area contributed by atoms with Crippen molar-refractivity contribution in [1.29, 1.82) is 0 Å². The predicted octanol–water partition coefficient (Wildman–Crippen LogP) is 2.87. The second-order valence-electron chi connectivity index (χ2n) is 4.10. The Morgan fingerprint density at radius 1 is 1.11 bits per heavy atom. The van der Waals surface area contributed by atoms with Gasteiger partial charge in [-0.25, -0.2) is 4.39 Å². The molecule has 2 aromatic rings. The Bertz CT molecular complexity index is 558. The summed E-state index contributed by atoms with van der Waals surface area (Å²) in [4.78, 5) is 0. The molecule has 3 nitrogen and oxygen atoms in total. The van der Waals surface area contributed by atoms with Crippen LogP contribution in [0.3, 0.4) is 0 Å². The van der Waals surface area contributed by atoms with E-state index in [0.29, 0.717) is 23.6 Å². The molecule has 0 aliphatic heterocycles. The number of hydrogen-bond acceptors (Lipinski definition) is 3. The van der Waals surface area contributed by atoms with E-state index in [1.807, 2.05) is 24.3 Å². The SMILES string of the molecule is COc1ccc(COc2cccc(CN)c2)c(F)c1. The maximum Gasteiger partial charge on any atom is 0.133 e. The van der Waals surface area contributed by atoms with E-state index in [0.717, 1.165) is 5.56 Å². The number of nitrogens with two attached hydrogens (primary N) is 1. The molecule has 0 aliphatic carbocycles. The summed E-state index contributed by atoms with van der Waals surface area (Å²) in [6.07, 6.45) is 0. The fraction of sp³-hybridized carbons (Fsp3) is 0.200. The minimum absolute atomic E-state index is 0.170. The lowest BCUT2D eigenvalue weighted by atomic mass is 10.2. The molecule has 0 aromatic heterocycles. The molecule has 0 unspecified atom stereocenters. The van der Waals surface area contributed by atoms with E-state index in [4.69, 9.17) is 15.2 Å². The van der Waals surface area contributed by atoms with Crippen LogP contribution in [0.25, 0.3) is 0 Å². The minimum atomic E-state index is -0.339. The molecule has 0 saturated heterocycles. The third-order valence-electron chi connectivity index (χ3n) is 2.79. The lowest BCUT2D eigenvalue weighted by molar-refractivity contribution is 0.299. The van der Waals surface area contributed by atoms with Gasteiger partial charge in [0.05, 0.1) is 7.11 Å². The van der Waals surface area contributed by atoms with Crippen LogP contribution in [0.15, 0.2) is 42.5 Å². The van der Waals surface area contributed by atoms with Crippen molar-refractivity contribution in [3.05, 3.63) is 59.4 Å². The molecule has 0 aliphatic rings. The summed E-state index contributed by atoms with van der Waals surface area (Å²) in [6, 6.07) is 12.2. The number of methoxy groups -OCH3 is 1. The third-order valence-corrected chi connectivity index (χ3v) is 2.79. The van der Waals surface area contributed by atoms with Gasteiger partial charge >= 0.3 is 0 Å². The molecular weight excluding hydrogens is 245 g/mol. The summed E-state index contributed by atoms with van der Waals surface area (Å²) in [6.45, 7) is 0.623. The van der Waals surface area contributed by atoms with Crippen LogP contribution in [0.4, 0.5) is 4.39 Å². The van der Waals surface area contributed by atoms with Gasteiger partial charge in [0.1, 0.15) is 23.9 Å². The first-order valence-corrected chi connectivity index (χ1v) is 5.97. The van der Waals surface area contributed by atoms with E-state index in [2.05, 4.69) is 0 Å². The molecule has 0 spiro atoms. The molecule has 0 atom stereocenters. The van der Waals surface area contributed by atoms with Gasteiger partial charge in [-0.05, 0) is 29.8 Å². The number of rotatable bonds is 5. The quantitative estimate of drug-likeness (QED) is 0.900. The monoisotopic (exact) mass is 261 g/mol. The van der Waals surface area contributed by atoms with Crippen LogP contribution in [-0.2, 0) is 13.2 Å². The molecule has 0 bridgehead atoms. The molecule has 19 heavy (non-hydrogen) atoms. The fourth-order valence-electron chi connectivity index (χ4n) is 1.70. The molecular formula is C15H16FNO2. The van der Waals surface area contributed by atoms with Crippen LogP contribution in [0, 0.1) is 5.82 Å². The summed E-state index contributed by atoms with van der Waals surface area (Å²) in [5, 5.41) is 0. The van der Waals surface area contributed by atoms with Gasteiger partial charge in [0.15, 0.2) is 0 Å². The highest BCUT2D eigenvalue weighted by Gasteiger charge is 2.05. The van der Waals surface area contributed by atoms with Crippen molar-refractivity contribution in [2.45, 2.75) is 13.2 Å². The van der Waals surface area contributed by atoms with E-state index in [1.165, 1.54) is 13.2 Å². The zero-order valence-electron chi connectivity index (χ0n) is 10.7. The largest absolute Gasteiger partial charge is 0.497 e. The maximum absolute atomic E-state index is 13.7. The van der Waals surface area contributed by atoms with Crippen LogP contribution in [0.1, 0.15) is 11.1 Å². The first kappa shape index (κ1) is 13.4. The first-order chi connectivity index (χ1) is 9.22. The second kappa shape index (κ2) is 6.20. The number of hydrogen-bond donors (Lipinski definition) is 1. The van der Waals surface area contributed by atoms with Crippen LogP contribution < -0.4 is 15.2 Å². The maximum atomic E-state index is 13.7. The summed E-state index contributed by atoms with van der Waals surface area (Å²) in [7, 11) is 1.50. The normalized spacial score (nSPS) is 10.3. The highest BCUT2D eigenvalue weighted by atomic mass is 19.1. The molecule has 0 fully saturated rings. The van der Waals surface area contributed by atoms with E-state index in [1.54, 1.807) is 12.1 Å². The van der Waals surface area contributed by atoms with Crippen molar-refractivity contribution in [3.63, 3.8) is 0 Å². The Morgan fingerprint density at radius 3 is 2.63 bits per heavy atom. The molecule has 0 amide bonds. The van der Waals surface area contributed by atoms with Gasteiger partial charge in [0.2, 0.25) is 0 Å². The van der Waals surface area contributed by atoms with Gasteiger partial charge in [-0.15, -0.1) is 0 Å². The van der Waals surface area contributed by atoms with Crippen molar-refractivity contribution in [2.75, 3.05) is 7.11 Å². The zero-order chi connectivity index (χ0) is 13.7. The Morgan fingerprint density at radius 2 is 1.95 bits per heavy atom. The summed E-state index contributed by atoms with van der Waals surface area (Å²) >= 11 is 0. The van der Waals surface area contributed by atoms with Gasteiger partial charge in [-0.3, -0.25) is 0 Å². The molecule has 0 saturated carbocycles. The molecule has 0 radical (unpaired) electrons. The highest BCUT2D eigenvalue weighted by molar-refractivity contribution is 5.31. The van der Waals surface area contributed by atoms with E-state index in [-0.39, 0.29) is 12.4 Å². The average molecular weight is 261 g/mol. The van der Waals surface area contributed by atoms with Crippen LogP contribution in [-0.4, -0.2) is 7.11 Å². The predicted molar refractivity (Wildman–Crippen MR) is 71.6 cm³/mol. The molecule has 100 valence electrons. The van der Waals surface area contributed by atoms with Crippen LogP contribution >= 0.6 is 0 Å².